The van der Waals surface area contributed by atoms with E-state index in [1.54, 1.807) is 24.4 Å². The molecule has 0 aliphatic heterocycles. The van der Waals surface area contributed by atoms with Crippen molar-refractivity contribution < 1.29 is 4.79 Å². The molecule has 0 unspecified atom stereocenters. The summed E-state index contributed by atoms with van der Waals surface area (Å²) in [5.41, 5.74) is 0.232. The Morgan fingerprint density at radius 2 is 2.36 bits per heavy atom. The molecule has 0 saturated heterocycles. The first-order chi connectivity index (χ1) is 6.86. The maximum Gasteiger partial charge on any atom is 0.278 e. The second-order valence-corrected chi connectivity index (χ2v) is 2.52. The first-order valence-electron chi connectivity index (χ1n) is 3.94. The van der Waals surface area contributed by atoms with Crippen molar-refractivity contribution in [3.05, 3.63) is 36.3 Å². The average molecular weight is 189 g/mol. The van der Waals surface area contributed by atoms with Crippen molar-refractivity contribution in [2.75, 3.05) is 5.32 Å². The summed E-state index contributed by atoms with van der Waals surface area (Å²) in [7, 11) is 0. The quantitative estimate of drug-likeness (QED) is 0.718. The Balaban J connectivity index is 2.10. The van der Waals surface area contributed by atoms with Gasteiger partial charge >= 0.3 is 0 Å². The zero-order valence-electron chi connectivity index (χ0n) is 7.14. The van der Waals surface area contributed by atoms with Gasteiger partial charge in [-0.25, -0.2) is 4.98 Å². The molecule has 2 rings (SSSR count). The Morgan fingerprint density at radius 3 is 3.00 bits per heavy atom. The summed E-state index contributed by atoms with van der Waals surface area (Å²) >= 11 is 0. The van der Waals surface area contributed by atoms with Gasteiger partial charge < -0.3 is 5.32 Å². The Labute approximate surface area is 79.4 Å². The van der Waals surface area contributed by atoms with E-state index in [1.165, 1.54) is 6.20 Å². The molecule has 14 heavy (non-hydrogen) atoms. The number of aromatic amines is 1. The number of amides is 1. The molecule has 0 saturated carbocycles. The number of pyridine rings is 1. The van der Waals surface area contributed by atoms with Crippen molar-refractivity contribution in [3.63, 3.8) is 0 Å². The van der Waals surface area contributed by atoms with Crippen LogP contribution >= 0.6 is 0 Å². The summed E-state index contributed by atoms with van der Waals surface area (Å²) in [6, 6.07) is 5.25. The van der Waals surface area contributed by atoms with Gasteiger partial charge in [0.1, 0.15) is 5.82 Å². The number of hydrogen-bond acceptors (Lipinski definition) is 4. The van der Waals surface area contributed by atoms with Crippen LogP contribution in [0.25, 0.3) is 0 Å². The number of H-pyrrole nitrogens is 1. The van der Waals surface area contributed by atoms with Gasteiger partial charge in [0.2, 0.25) is 0 Å². The topological polar surface area (TPSA) is 83.6 Å². The van der Waals surface area contributed by atoms with Crippen LogP contribution in [0.5, 0.6) is 0 Å². The summed E-state index contributed by atoms with van der Waals surface area (Å²) in [5, 5.41) is 12.1. The molecule has 0 fully saturated rings. The smallest absolute Gasteiger partial charge is 0.278 e. The van der Waals surface area contributed by atoms with E-state index in [9.17, 15) is 4.79 Å². The van der Waals surface area contributed by atoms with Gasteiger partial charge in [-0.05, 0) is 12.1 Å². The zero-order chi connectivity index (χ0) is 9.80. The number of hydrogen-bond donors (Lipinski definition) is 2. The molecule has 0 spiro atoms. The Morgan fingerprint density at radius 1 is 1.43 bits per heavy atom. The predicted octanol–water partition coefficient (Wildman–Crippen LogP) is 0.452. The highest BCUT2D eigenvalue weighted by atomic mass is 16.2. The van der Waals surface area contributed by atoms with Crippen LogP contribution < -0.4 is 5.32 Å². The van der Waals surface area contributed by atoms with E-state index >= 15 is 0 Å². The minimum Gasteiger partial charge on any atom is -0.305 e. The maximum atomic E-state index is 11.4. The van der Waals surface area contributed by atoms with Crippen molar-refractivity contribution in [3.8, 4) is 0 Å². The summed E-state index contributed by atoms with van der Waals surface area (Å²) in [6.07, 6.45) is 2.94. The second kappa shape index (κ2) is 3.65. The van der Waals surface area contributed by atoms with Crippen LogP contribution in [0.15, 0.2) is 30.6 Å². The van der Waals surface area contributed by atoms with E-state index in [1.807, 2.05) is 0 Å². The molecule has 2 heterocycles. The summed E-state index contributed by atoms with van der Waals surface area (Å²) in [5.74, 6) is 0.151. The molecule has 0 radical (unpaired) electrons. The van der Waals surface area contributed by atoms with Gasteiger partial charge in [-0.3, -0.25) is 4.79 Å². The molecule has 1 amide bonds. The summed E-state index contributed by atoms with van der Waals surface area (Å²) in [4.78, 5) is 15.3. The third-order valence-corrected chi connectivity index (χ3v) is 1.55. The SMILES string of the molecule is O=C(Nc1ccccn1)c1cn[nH]n1. The van der Waals surface area contributed by atoms with E-state index in [2.05, 4.69) is 25.7 Å². The zero-order valence-corrected chi connectivity index (χ0v) is 7.14. The van der Waals surface area contributed by atoms with Gasteiger partial charge in [0.15, 0.2) is 5.69 Å². The molecule has 2 N–H and O–H groups in total. The molecule has 6 nitrogen and oxygen atoms in total. The van der Waals surface area contributed by atoms with Crippen LogP contribution in [-0.4, -0.2) is 26.3 Å². The van der Waals surface area contributed by atoms with E-state index in [0.717, 1.165) is 0 Å². The van der Waals surface area contributed by atoms with Crippen molar-refractivity contribution in [2.24, 2.45) is 0 Å². The monoisotopic (exact) mass is 189 g/mol. The molecule has 0 atom stereocenters. The lowest BCUT2D eigenvalue weighted by Gasteiger charge is -1.99. The van der Waals surface area contributed by atoms with Crippen LogP contribution in [-0.2, 0) is 0 Å². The fourth-order valence-electron chi connectivity index (χ4n) is 0.928. The lowest BCUT2D eigenvalue weighted by Crippen LogP contribution is -2.13. The molecular formula is C8H7N5O. The average Bonchev–Trinajstić information content (AvgIpc) is 2.72. The molecule has 6 heteroatoms. The minimum absolute atomic E-state index is 0.232. The molecule has 0 bridgehead atoms. The van der Waals surface area contributed by atoms with Crippen molar-refractivity contribution >= 4 is 11.7 Å². The van der Waals surface area contributed by atoms with Crippen molar-refractivity contribution in [1.82, 2.24) is 20.4 Å². The normalized spacial score (nSPS) is 9.71. The Bertz CT molecular complexity index is 411. The van der Waals surface area contributed by atoms with E-state index < -0.39 is 0 Å². The van der Waals surface area contributed by atoms with Gasteiger partial charge in [0, 0.05) is 6.20 Å². The van der Waals surface area contributed by atoms with Gasteiger partial charge in [0.05, 0.1) is 6.20 Å². The lowest BCUT2D eigenvalue weighted by molar-refractivity contribution is 0.102. The van der Waals surface area contributed by atoms with Crippen LogP contribution in [0.2, 0.25) is 0 Å². The first-order valence-corrected chi connectivity index (χ1v) is 3.94. The molecule has 2 aromatic rings. The standard InChI is InChI=1S/C8H7N5O/c14-8(6-5-10-13-12-6)11-7-3-1-2-4-9-7/h1-5H,(H,9,11,14)(H,10,12,13). The molecule has 0 aliphatic rings. The van der Waals surface area contributed by atoms with Crippen molar-refractivity contribution in [1.29, 1.82) is 0 Å². The molecular weight excluding hydrogens is 182 g/mol. The second-order valence-electron chi connectivity index (χ2n) is 2.52. The first kappa shape index (κ1) is 8.36. The Kier molecular flexibility index (Phi) is 2.18. The van der Waals surface area contributed by atoms with Gasteiger partial charge in [-0.15, -0.1) is 0 Å². The number of carbonyl (C=O) groups excluding carboxylic acids is 1. The highest BCUT2D eigenvalue weighted by Gasteiger charge is 2.08. The Hall–Kier alpha value is -2.24. The molecule has 0 aromatic carbocycles. The number of aromatic nitrogens is 4. The fraction of sp³-hybridized carbons (Fsp3) is 0. The molecule has 0 aliphatic carbocycles. The highest BCUT2D eigenvalue weighted by molar-refractivity contribution is 6.01. The number of carbonyl (C=O) groups is 1. The predicted molar refractivity (Wildman–Crippen MR) is 48.6 cm³/mol. The van der Waals surface area contributed by atoms with Crippen LogP contribution in [0.1, 0.15) is 10.5 Å². The van der Waals surface area contributed by atoms with E-state index in [4.69, 9.17) is 0 Å². The fourth-order valence-corrected chi connectivity index (χ4v) is 0.928. The third-order valence-electron chi connectivity index (χ3n) is 1.55. The number of nitrogens with one attached hydrogen (secondary N) is 2. The highest BCUT2D eigenvalue weighted by Crippen LogP contribution is 2.01. The van der Waals surface area contributed by atoms with E-state index in [0.29, 0.717) is 5.82 Å². The van der Waals surface area contributed by atoms with Crippen LogP contribution in [0.4, 0.5) is 5.82 Å². The van der Waals surface area contributed by atoms with Crippen molar-refractivity contribution in [2.45, 2.75) is 0 Å². The summed E-state index contributed by atoms with van der Waals surface area (Å²) in [6.45, 7) is 0. The van der Waals surface area contributed by atoms with Gasteiger partial charge in [-0.1, -0.05) is 6.07 Å². The number of anilines is 1. The van der Waals surface area contributed by atoms with Crippen LogP contribution in [0, 0.1) is 0 Å². The number of nitrogens with zero attached hydrogens (tertiary/aromatic N) is 3. The van der Waals surface area contributed by atoms with Gasteiger partial charge in [-0.2, -0.15) is 15.4 Å². The number of rotatable bonds is 2. The van der Waals surface area contributed by atoms with Gasteiger partial charge in [0.25, 0.3) is 5.91 Å². The lowest BCUT2D eigenvalue weighted by atomic mass is 10.4. The summed E-state index contributed by atoms with van der Waals surface area (Å²) < 4.78 is 0. The maximum absolute atomic E-state index is 11.4. The molecule has 70 valence electrons. The molecule has 2 aromatic heterocycles. The van der Waals surface area contributed by atoms with Crippen LogP contribution in [0.3, 0.4) is 0 Å². The largest absolute Gasteiger partial charge is 0.305 e. The minimum atomic E-state index is -0.336. The third kappa shape index (κ3) is 1.74. The van der Waals surface area contributed by atoms with E-state index in [-0.39, 0.29) is 11.6 Å².